The van der Waals surface area contributed by atoms with Gasteiger partial charge < -0.3 is 15.7 Å². The fourth-order valence-corrected chi connectivity index (χ4v) is 1.89. The van der Waals surface area contributed by atoms with Gasteiger partial charge in [-0.15, -0.1) is 12.4 Å². The molecule has 5 heteroatoms. The van der Waals surface area contributed by atoms with Gasteiger partial charge in [-0.25, -0.2) is 0 Å². The lowest BCUT2D eigenvalue weighted by Gasteiger charge is -2.22. The minimum absolute atomic E-state index is 0. The number of para-hydroxylation sites is 2. The molecule has 17 heavy (non-hydrogen) atoms. The Hall–Kier alpha value is -1.26. The molecule has 1 atom stereocenters. The van der Waals surface area contributed by atoms with E-state index in [1.807, 2.05) is 0 Å². The second-order valence-electron chi connectivity index (χ2n) is 4.05. The van der Waals surface area contributed by atoms with Gasteiger partial charge in [-0.05, 0) is 31.5 Å². The SMILES string of the molecule is Cl.O=C(Nc1ccccc1O)C1CCCNC1. The molecule has 0 aromatic heterocycles. The van der Waals surface area contributed by atoms with E-state index in [0.717, 1.165) is 25.9 Å². The molecule has 1 unspecified atom stereocenters. The number of phenolic OH excluding ortho intramolecular Hbond substituents is 1. The number of aromatic hydroxyl groups is 1. The van der Waals surface area contributed by atoms with Crippen LogP contribution in [0.15, 0.2) is 24.3 Å². The maximum Gasteiger partial charge on any atom is 0.228 e. The average Bonchev–Trinajstić information content (AvgIpc) is 2.33. The number of phenols is 1. The molecule has 0 radical (unpaired) electrons. The minimum atomic E-state index is -0.0197. The topological polar surface area (TPSA) is 61.4 Å². The van der Waals surface area contributed by atoms with Gasteiger partial charge in [0.15, 0.2) is 0 Å². The Morgan fingerprint density at radius 3 is 2.82 bits per heavy atom. The van der Waals surface area contributed by atoms with E-state index in [-0.39, 0.29) is 30.0 Å². The summed E-state index contributed by atoms with van der Waals surface area (Å²) in [4.78, 5) is 11.9. The molecule has 1 amide bonds. The first-order valence-electron chi connectivity index (χ1n) is 5.57. The summed E-state index contributed by atoms with van der Waals surface area (Å²) in [5.74, 6) is 0.0988. The smallest absolute Gasteiger partial charge is 0.228 e. The third-order valence-electron chi connectivity index (χ3n) is 2.83. The highest BCUT2D eigenvalue weighted by atomic mass is 35.5. The molecular weight excluding hydrogens is 240 g/mol. The summed E-state index contributed by atoms with van der Waals surface area (Å²) < 4.78 is 0. The first-order valence-corrected chi connectivity index (χ1v) is 5.57. The van der Waals surface area contributed by atoms with Crippen molar-refractivity contribution >= 4 is 24.0 Å². The Morgan fingerprint density at radius 2 is 2.18 bits per heavy atom. The molecule has 4 nitrogen and oxygen atoms in total. The van der Waals surface area contributed by atoms with Gasteiger partial charge in [0.05, 0.1) is 11.6 Å². The molecule has 3 N–H and O–H groups in total. The molecule has 0 saturated carbocycles. The molecular formula is C12H17ClN2O2. The van der Waals surface area contributed by atoms with Crippen molar-refractivity contribution in [2.75, 3.05) is 18.4 Å². The first-order chi connectivity index (χ1) is 7.77. The lowest BCUT2D eigenvalue weighted by atomic mass is 9.99. The quantitative estimate of drug-likeness (QED) is 0.707. The van der Waals surface area contributed by atoms with Crippen LogP contribution in [0.1, 0.15) is 12.8 Å². The van der Waals surface area contributed by atoms with E-state index in [2.05, 4.69) is 10.6 Å². The molecule has 0 aliphatic carbocycles. The van der Waals surface area contributed by atoms with Crippen molar-refractivity contribution in [1.82, 2.24) is 5.32 Å². The van der Waals surface area contributed by atoms with E-state index < -0.39 is 0 Å². The number of halogens is 1. The summed E-state index contributed by atoms with van der Waals surface area (Å²) in [7, 11) is 0. The summed E-state index contributed by atoms with van der Waals surface area (Å²) in [6.07, 6.45) is 1.94. The molecule has 0 spiro atoms. The molecule has 1 aromatic rings. The Kier molecular flexibility index (Phi) is 5.25. The molecule has 2 rings (SSSR count). The van der Waals surface area contributed by atoms with Crippen molar-refractivity contribution in [3.8, 4) is 5.75 Å². The number of piperidine rings is 1. The third-order valence-corrected chi connectivity index (χ3v) is 2.83. The summed E-state index contributed by atoms with van der Waals surface area (Å²) in [5.41, 5.74) is 0.484. The van der Waals surface area contributed by atoms with Crippen LogP contribution in [0.2, 0.25) is 0 Å². The van der Waals surface area contributed by atoms with E-state index in [4.69, 9.17) is 0 Å². The van der Waals surface area contributed by atoms with Crippen molar-refractivity contribution < 1.29 is 9.90 Å². The Balaban J connectivity index is 0.00000144. The van der Waals surface area contributed by atoms with Crippen LogP contribution in [0.4, 0.5) is 5.69 Å². The predicted molar refractivity (Wildman–Crippen MR) is 69.6 cm³/mol. The summed E-state index contributed by atoms with van der Waals surface area (Å²) >= 11 is 0. The van der Waals surface area contributed by atoms with Crippen LogP contribution in [0, 0.1) is 5.92 Å². The van der Waals surface area contributed by atoms with E-state index >= 15 is 0 Å². The fourth-order valence-electron chi connectivity index (χ4n) is 1.89. The van der Waals surface area contributed by atoms with Crippen LogP contribution in [0.3, 0.4) is 0 Å². The lowest BCUT2D eigenvalue weighted by molar-refractivity contribution is -0.120. The molecule has 1 aromatic carbocycles. The van der Waals surface area contributed by atoms with Crippen LogP contribution >= 0.6 is 12.4 Å². The number of nitrogens with one attached hydrogen (secondary N) is 2. The Morgan fingerprint density at radius 1 is 1.41 bits per heavy atom. The zero-order valence-electron chi connectivity index (χ0n) is 9.48. The Bertz CT molecular complexity index is 379. The number of hydrogen-bond acceptors (Lipinski definition) is 3. The second kappa shape index (κ2) is 6.47. The molecule has 1 saturated heterocycles. The molecule has 0 bridgehead atoms. The minimum Gasteiger partial charge on any atom is -0.506 e. The monoisotopic (exact) mass is 256 g/mol. The van der Waals surface area contributed by atoms with Gasteiger partial charge in [0.1, 0.15) is 5.75 Å². The summed E-state index contributed by atoms with van der Waals surface area (Å²) in [5, 5.41) is 15.5. The molecule has 1 fully saturated rings. The van der Waals surface area contributed by atoms with Gasteiger partial charge >= 0.3 is 0 Å². The molecule has 1 heterocycles. The predicted octanol–water partition coefficient (Wildman–Crippen LogP) is 1.75. The fraction of sp³-hybridized carbons (Fsp3) is 0.417. The van der Waals surface area contributed by atoms with E-state index in [0.29, 0.717) is 5.69 Å². The van der Waals surface area contributed by atoms with E-state index in [9.17, 15) is 9.90 Å². The number of hydrogen-bond donors (Lipinski definition) is 3. The normalized spacial score (nSPS) is 19.2. The number of amides is 1. The highest BCUT2D eigenvalue weighted by Gasteiger charge is 2.21. The van der Waals surface area contributed by atoms with Gasteiger partial charge in [-0.1, -0.05) is 12.1 Å². The summed E-state index contributed by atoms with van der Waals surface area (Å²) in [6, 6.07) is 6.78. The van der Waals surface area contributed by atoms with Crippen molar-refractivity contribution in [2.45, 2.75) is 12.8 Å². The second-order valence-corrected chi connectivity index (χ2v) is 4.05. The van der Waals surface area contributed by atoms with Crippen LogP contribution < -0.4 is 10.6 Å². The van der Waals surface area contributed by atoms with Crippen LogP contribution in [-0.4, -0.2) is 24.1 Å². The van der Waals surface area contributed by atoms with Crippen molar-refractivity contribution in [3.05, 3.63) is 24.3 Å². The molecule has 94 valence electrons. The zero-order chi connectivity index (χ0) is 11.4. The number of rotatable bonds is 2. The van der Waals surface area contributed by atoms with Gasteiger partial charge in [-0.3, -0.25) is 4.79 Å². The first kappa shape index (κ1) is 13.8. The lowest BCUT2D eigenvalue weighted by Crippen LogP contribution is -2.37. The largest absolute Gasteiger partial charge is 0.506 e. The maximum absolute atomic E-state index is 11.9. The van der Waals surface area contributed by atoms with Crippen LogP contribution in [0.25, 0.3) is 0 Å². The Labute approximate surface area is 107 Å². The van der Waals surface area contributed by atoms with Gasteiger partial charge in [0, 0.05) is 6.54 Å². The van der Waals surface area contributed by atoms with Gasteiger partial charge in [-0.2, -0.15) is 0 Å². The zero-order valence-corrected chi connectivity index (χ0v) is 10.3. The molecule has 1 aliphatic heterocycles. The number of anilines is 1. The summed E-state index contributed by atoms with van der Waals surface area (Å²) in [6.45, 7) is 1.71. The highest BCUT2D eigenvalue weighted by molar-refractivity contribution is 5.94. The van der Waals surface area contributed by atoms with Crippen molar-refractivity contribution in [2.24, 2.45) is 5.92 Å². The number of carbonyl (C=O) groups is 1. The average molecular weight is 257 g/mol. The van der Waals surface area contributed by atoms with Crippen LogP contribution in [-0.2, 0) is 4.79 Å². The number of benzene rings is 1. The standard InChI is InChI=1S/C12H16N2O2.ClH/c15-11-6-2-1-5-10(11)14-12(16)9-4-3-7-13-8-9;/h1-2,5-6,9,13,15H,3-4,7-8H2,(H,14,16);1H. The third kappa shape index (κ3) is 3.61. The van der Waals surface area contributed by atoms with Crippen molar-refractivity contribution in [3.63, 3.8) is 0 Å². The van der Waals surface area contributed by atoms with E-state index in [1.165, 1.54) is 0 Å². The van der Waals surface area contributed by atoms with Crippen LogP contribution in [0.5, 0.6) is 5.75 Å². The molecule has 1 aliphatic rings. The van der Waals surface area contributed by atoms with Gasteiger partial charge in [0.2, 0.25) is 5.91 Å². The van der Waals surface area contributed by atoms with E-state index in [1.54, 1.807) is 24.3 Å². The van der Waals surface area contributed by atoms with Crippen molar-refractivity contribution in [1.29, 1.82) is 0 Å². The van der Waals surface area contributed by atoms with Gasteiger partial charge in [0.25, 0.3) is 0 Å². The highest BCUT2D eigenvalue weighted by Crippen LogP contribution is 2.23. The maximum atomic E-state index is 11.9. The number of carbonyl (C=O) groups excluding carboxylic acids is 1.